The van der Waals surface area contributed by atoms with Crippen LogP contribution in [0.2, 0.25) is 0 Å². The van der Waals surface area contributed by atoms with Crippen LogP contribution in [-0.2, 0) is 4.74 Å². The first-order chi connectivity index (χ1) is 13.7. The number of benzene rings is 1. The molecule has 0 bridgehead atoms. The molecule has 0 saturated carbocycles. The first kappa shape index (κ1) is 20.9. The number of nitrogens with one attached hydrogen (secondary N) is 1. The molecule has 29 heavy (non-hydrogen) atoms. The Morgan fingerprint density at radius 2 is 2.17 bits per heavy atom. The number of fused-ring (bicyclic) bond motifs is 1. The fourth-order valence-corrected chi connectivity index (χ4v) is 3.51. The van der Waals surface area contributed by atoms with Crippen molar-refractivity contribution in [3.05, 3.63) is 28.3 Å². The summed E-state index contributed by atoms with van der Waals surface area (Å²) in [4.78, 5) is 32.0. The van der Waals surface area contributed by atoms with Gasteiger partial charge in [0, 0.05) is 24.7 Å². The molecule has 9 nitrogen and oxygen atoms in total. The molecule has 3 rings (SSSR count). The number of amides is 1. The molecular weight excluding hydrogens is 376 g/mol. The largest absolute Gasteiger partial charge is 0.465 e. The van der Waals surface area contributed by atoms with Crippen LogP contribution in [0.25, 0.3) is 11.0 Å². The van der Waals surface area contributed by atoms with Crippen molar-refractivity contribution in [3.63, 3.8) is 0 Å². The Hall–Kier alpha value is -2.84. The van der Waals surface area contributed by atoms with E-state index in [1.807, 2.05) is 25.7 Å². The number of carbonyl (C=O) groups excluding carboxylic acids is 1. The Bertz CT molecular complexity index is 873. The van der Waals surface area contributed by atoms with Gasteiger partial charge in [-0.3, -0.25) is 10.1 Å². The minimum atomic E-state index is -0.501. The highest BCUT2D eigenvalue weighted by Crippen LogP contribution is 2.24. The number of aromatic amines is 1. The Labute approximate surface area is 169 Å². The van der Waals surface area contributed by atoms with Crippen LogP contribution >= 0.6 is 0 Å². The van der Waals surface area contributed by atoms with Gasteiger partial charge in [-0.25, -0.2) is 4.79 Å². The Balaban J connectivity index is 1.51. The number of hydrogen-bond acceptors (Lipinski definition) is 6. The number of imidazole rings is 1. The van der Waals surface area contributed by atoms with Crippen LogP contribution < -0.4 is 4.74 Å². The fraction of sp³-hybridized carbons (Fsp3) is 0.600. The third kappa shape index (κ3) is 5.58. The molecule has 1 atom stereocenters. The summed E-state index contributed by atoms with van der Waals surface area (Å²) in [6.07, 6.45) is 4.41. The van der Waals surface area contributed by atoms with Crippen LogP contribution in [0.5, 0.6) is 6.01 Å². The smallest absolute Gasteiger partial charge is 0.410 e. The Morgan fingerprint density at radius 3 is 2.90 bits per heavy atom. The number of nitro groups is 1. The summed E-state index contributed by atoms with van der Waals surface area (Å²) in [5.41, 5.74) is 0.692. The monoisotopic (exact) mass is 404 g/mol. The molecule has 0 aliphatic carbocycles. The third-order valence-electron chi connectivity index (χ3n) is 4.83. The molecular formula is C20H28N4O5. The molecule has 1 aliphatic heterocycles. The zero-order valence-electron chi connectivity index (χ0n) is 17.1. The maximum absolute atomic E-state index is 12.5. The van der Waals surface area contributed by atoms with Crippen LogP contribution in [-0.4, -0.2) is 50.7 Å². The molecule has 0 unspecified atom stereocenters. The SMILES string of the molecule is CC(C)(C)OC(=O)N1CCCC[C@H]1CCCOc1nc2ccc([N+](=O)[O-])cc2[nH]1. The second kappa shape index (κ2) is 8.67. The van der Waals surface area contributed by atoms with E-state index in [2.05, 4.69) is 9.97 Å². The minimum Gasteiger partial charge on any atom is -0.465 e. The van der Waals surface area contributed by atoms with E-state index in [-0.39, 0.29) is 17.8 Å². The van der Waals surface area contributed by atoms with Crippen molar-refractivity contribution in [2.75, 3.05) is 13.2 Å². The first-order valence-electron chi connectivity index (χ1n) is 9.99. The zero-order valence-corrected chi connectivity index (χ0v) is 17.1. The van der Waals surface area contributed by atoms with Gasteiger partial charge in [0.05, 0.1) is 22.6 Å². The zero-order chi connectivity index (χ0) is 21.0. The maximum atomic E-state index is 12.5. The Kier molecular flexibility index (Phi) is 6.24. The van der Waals surface area contributed by atoms with Gasteiger partial charge in [-0.2, -0.15) is 4.98 Å². The number of carbonyl (C=O) groups is 1. The summed E-state index contributed by atoms with van der Waals surface area (Å²) in [6.45, 7) is 6.79. The number of nitro benzene ring substituents is 1. The van der Waals surface area contributed by atoms with Crippen LogP contribution in [0, 0.1) is 10.1 Å². The summed E-state index contributed by atoms with van der Waals surface area (Å²) in [5.74, 6) is 0. The van der Waals surface area contributed by atoms with Gasteiger partial charge in [-0.15, -0.1) is 0 Å². The van der Waals surface area contributed by atoms with Crippen molar-refractivity contribution in [2.45, 2.75) is 64.5 Å². The number of non-ortho nitro benzene ring substituents is 1. The lowest BCUT2D eigenvalue weighted by Gasteiger charge is -2.36. The maximum Gasteiger partial charge on any atom is 0.410 e. The average Bonchev–Trinajstić information content (AvgIpc) is 3.06. The highest BCUT2D eigenvalue weighted by molar-refractivity contribution is 5.78. The van der Waals surface area contributed by atoms with Crippen LogP contribution in [0.4, 0.5) is 10.5 Å². The molecule has 2 aromatic rings. The Morgan fingerprint density at radius 1 is 1.38 bits per heavy atom. The lowest BCUT2D eigenvalue weighted by atomic mass is 9.98. The van der Waals surface area contributed by atoms with Gasteiger partial charge < -0.3 is 19.4 Å². The van der Waals surface area contributed by atoms with Crippen molar-refractivity contribution in [1.82, 2.24) is 14.9 Å². The molecule has 1 amide bonds. The number of hydrogen-bond donors (Lipinski definition) is 1. The molecule has 9 heteroatoms. The van der Waals surface area contributed by atoms with E-state index >= 15 is 0 Å². The average molecular weight is 404 g/mol. The number of piperidine rings is 1. The number of H-pyrrole nitrogens is 1. The minimum absolute atomic E-state index is 0.00670. The lowest BCUT2D eigenvalue weighted by molar-refractivity contribution is -0.384. The van der Waals surface area contributed by atoms with E-state index in [9.17, 15) is 14.9 Å². The van der Waals surface area contributed by atoms with E-state index in [0.29, 0.717) is 23.7 Å². The van der Waals surface area contributed by atoms with Gasteiger partial charge in [0.25, 0.3) is 11.7 Å². The first-order valence-corrected chi connectivity index (χ1v) is 9.99. The summed E-state index contributed by atoms with van der Waals surface area (Å²) < 4.78 is 11.2. The molecule has 1 aliphatic rings. The number of likely N-dealkylation sites (tertiary alicyclic amines) is 1. The van der Waals surface area contributed by atoms with E-state index in [0.717, 1.165) is 38.6 Å². The summed E-state index contributed by atoms with van der Waals surface area (Å²) in [6, 6.07) is 4.95. The number of aromatic nitrogens is 2. The molecule has 0 spiro atoms. The summed E-state index contributed by atoms with van der Waals surface area (Å²) in [5, 5.41) is 10.9. The number of rotatable bonds is 6. The van der Waals surface area contributed by atoms with Crippen molar-refractivity contribution in [2.24, 2.45) is 0 Å². The van der Waals surface area contributed by atoms with Crippen molar-refractivity contribution in [1.29, 1.82) is 0 Å². The van der Waals surface area contributed by atoms with Crippen molar-refractivity contribution < 1.29 is 19.2 Å². The molecule has 1 aromatic carbocycles. The van der Waals surface area contributed by atoms with Crippen LogP contribution in [0.1, 0.15) is 52.9 Å². The second-order valence-electron chi connectivity index (χ2n) is 8.31. The quantitative estimate of drug-likeness (QED) is 0.433. The molecule has 2 heterocycles. The summed E-state index contributed by atoms with van der Waals surface area (Å²) >= 11 is 0. The van der Waals surface area contributed by atoms with E-state index in [1.165, 1.54) is 12.1 Å². The highest BCUT2D eigenvalue weighted by Gasteiger charge is 2.30. The van der Waals surface area contributed by atoms with Gasteiger partial charge >= 0.3 is 6.09 Å². The van der Waals surface area contributed by atoms with Gasteiger partial charge in [0.2, 0.25) is 0 Å². The highest BCUT2D eigenvalue weighted by atomic mass is 16.6. The predicted octanol–water partition coefficient (Wildman–Crippen LogP) is 4.42. The van der Waals surface area contributed by atoms with Crippen LogP contribution in [0.3, 0.4) is 0 Å². The molecule has 158 valence electrons. The topological polar surface area (TPSA) is 111 Å². The molecule has 0 radical (unpaired) electrons. The normalized spacial score (nSPS) is 17.3. The molecule has 1 saturated heterocycles. The molecule has 1 fully saturated rings. The number of ether oxygens (including phenoxy) is 2. The fourth-order valence-electron chi connectivity index (χ4n) is 3.51. The van der Waals surface area contributed by atoms with E-state index < -0.39 is 10.5 Å². The number of nitrogens with zero attached hydrogens (tertiary/aromatic N) is 3. The third-order valence-corrected chi connectivity index (χ3v) is 4.83. The van der Waals surface area contributed by atoms with Gasteiger partial charge in [-0.1, -0.05) is 0 Å². The predicted molar refractivity (Wildman–Crippen MR) is 108 cm³/mol. The summed E-state index contributed by atoms with van der Waals surface area (Å²) in [7, 11) is 0. The molecule has 1 N–H and O–H groups in total. The van der Waals surface area contributed by atoms with Gasteiger partial charge in [0.15, 0.2) is 0 Å². The van der Waals surface area contributed by atoms with Gasteiger partial charge in [0.1, 0.15) is 5.60 Å². The lowest BCUT2D eigenvalue weighted by Crippen LogP contribution is -2.46. The standard InChI is InChI=1S/C20H28N4O5/c1-20(2,3)29-19(25)23-11-5-4-7-14(23)8-6-12-28-18-21-16-10-9-15(24(26)27)13-17(16)22-18/h9-10,13-14H,4-8,11-12H2,1-3H3,(H,21,22)/t14-/m0/s1. The van der Waals surface area contributed by atoms with Crippen molar-refractivity contribution in [3.8, 4) is 6.01 Å². The van der Waals surface area contributed by atoms with Crippen LogP contribution in [0.15, 0.2) is 18.2 Å². The molecule has 1 aromatic heterocycles. The van der Waals surface area contributed by atoms with Crippen molar-refractivity contribution >= 4 is 22.8 Å². The van der Waals surface area contributed by atoms with E-state index in [1.54, 1.807) is 6.07 Å². The second-order valence-corrected chi connectivity index (χ2v) is 8.31. The van der Waals surface area contributed by atoms with Gasteiger partial charge in [-0.05, 0) is 58.9 Å². The van der Waals surface area contributed by atoms with E-state index in [4.69, 9.17) is 9.47 Å².